The number of aromatic nitrogens is 1. The van der Waals surface area contributed by atoms with E-state index in [9.17, 15) is 0 Å². The van der Waals surface area contributed by atoms with Gasteiger partial charge >= 0.3 is 0 Å². The summed E-state index contributed by atoms with van der Waals surface area (Å²) in [5, 5.41) is 10.3. The summed E-state index contributed by atoms with van der Waals surface area (Å²) in [5.41, 5.74) is 0.791. The fourth-order valence-electron chi connectivity index (χ4n) is 1.86. The summed E-state index contributed by atoms with van der Waals surface area (Å²) in [6.45, 7) is 5.91. The Morgan fingerprint density at radius 2 is 2.12 bits per heavy atom. The molecule has 0 spiro atoms. The molecule has 2 N–H and O–H groups in total. The number of nitrogens with zero attached hydrogens (tertiary/aromatic N) is 2. The van der Waals surface area contributed by atoms with Gasteiger partial charge in [0.05, 0.1) is 17.6 Å². The van der Waals surface area contributed by atoms with Crippen LogP contribution >= 0.6 is 39.9 Å². The van der Waals surface area contributed by atoms with Crippen LogP contribution in [0, 0.1) is 0 Å². The zero-order valence-corrected chi connectivity index (χ0v) is 17.6. The Labute approximate surface area is 167 Å². The van der Waals surface area contributed by atoms with Gasteiger partial charge < -0.3 is 19.9 Å². The number of ether oxygens (including phenoxy) is 1. The van der Waals surface area contributed by atoms with Crippen LogP contribution < -0.4 is 15.4 Å². The Morgan fingerprint density at radius 3 is 2.79 bits per heavy atom. The predicted octanol–water partition coefficient (Wildman–Crippen LogP) is 3.58. The molecule has 24 heavy (non-hydrogen) atoms. The number of nitrogens with one attached hydrogen (secondary N) is 2. The molecule has 0 aliphatic rings. The molecule has 1 heterocycles. The first-order chi connectivity index (χ1) is 11.2. The van der Waals surface area contributed by atoms with Gasteiger partial charge in [0.1, 0.15) is 23.8 Å². The highest BCUT2D eigenvalue weighted by atomic mass is 127. The second-order valence-electron chi connectivity index (χ2n) is 4.93. The molecule has 0 bridgehead atoms. The molecule has 1 aromatic heterocycles. The van der Waals surface area contributed by atoms with Gasteiger partial charge in [-0.1, -0.05) is 17.3 Å². The van der Waals surface area contributed by atoms with E-state index in [4.69, 9.17) is 9.26 Å². The van der Waals surface area contributed by atoms with Crippen molar-refractivity contribution in [3.63, 3.8) is 0 Å². The number of para-hydroxylation sites is 1. The van der Waals surface area contributed by atoms with E-state index in [1.54, 1.807) is 12.3 Å². The molecular weight excluding hydrogens is 487 g/mol. The van der Waals surface area contributed by atoms with Crippen LogP contribution in [0.1, 0.15) is 19.5 Å². The third-order valence-corrected chi connectivity index (χ3v) is 3.61. The molecule has 0 aliphatic heterocycles. The summed E-state index contributed by atoms with van der Waals surface area (Å²) in [7, 11) is 0. The molecule has 8 heteroatoms. The standard InChI is InChI=1S/C16H21BrN4O2.HI/c1-3-18-16(20-11-13-8-9-22-21-13)19-10-12(2)23-15-7-5-4-6-14(15)17;/h4-9,12H,3,10-11H2,1-2H3,(H2,18,19,20);1H. The molecular formula is C16H22BrIN4O2. The van der Waals surface area contributed by atoms with Crippen molar-refractivity contribution in [2.75, 3.05) is 13.1 Å². The summed E-state index contributed by atoms with van der Waals surface area (Å²) >= 11 is 3.48. The van der Waals surface area contributed by atoms with Gasteiger partial charge in [-0.25, -0.2) is 4.99 Å². The van der Waals surface area contributed by atoms with Gasteiger partial charge in [-0.15, -0.1) is 24.0 Å². The van der Waals surface area contributed by atoms with Crippen molar-refractivity contribution in [3.05, 3.63) is 46.8 Å². The average Bonchev–Trinajstić information content (AvgIpc) is 3.06. The topological polar surface area (TPSA) is 71.7 Å². The molecule has 0 radical (unpaired) electrons. The maximum atomic E-state index is 5.90. The van der Waals surface area contributed by atoms with Gasteiger partial charge in [0.2, 0.25) is 0 Å². The maximum absolute atomic E-state index is 5.90. The second kappa shape index (κ2) is 11.3. The van der Waals surface area contributed by atoms with Gasteiger partial charge in [0, 0.05) is 12.6 Å². The first-order valence-electron chi connectivity index (χ1n) is 7.51. The third-order valence-electron chi connectivity index (χ3n) is 2.96. The molecule has 0 aliphatic carbocycles. The van der Waals surface area contributed by atoms with E-state index in [-0.39, 0.29) is 30.1 Å². The quantitative estimate of drug-likeness (QED) is 0.340. The van der Waals surface area contributed by atoms with Crippen LogP contribution in [0.3, 0.4) is 0 Å². The Kier molecular flexibility index (Phi) is 9.77. The minimum Gasteiger partial charge on any atom is -0.488 e. The molecule has 0 saturated carbocycles. The van der Waals surface area contributed by atoms with Gasteiger partial charge in [0.15, 0.2) is 5.96 Å². The molecule has 1 atom stereocenters. The zero-order chi connectivity index (χ0) is 16.5. The molecule has 0 saturated heterocycles. The van der Waals surface area contributed by atoms with Crippen LogP contribution in [-0.2, 0) is 6.54 Å². The number of halogens is 2. The lowest BCUT2D eigenvalue weighted by Crippen LogP contribution is -2.41. The highest BCUT2D eigenvalue weighted by molar-refractivity contribution is 14.0. The van der Waals surface area contributed by atoms with Gasteiger partial charge in [-0.2, -0.15) is 0 Å². The molecule has 0 amide bonds. The maximum Gasteiger partial charge on any atom is 0.191 e. The van der Waals surface area contributed by atoms with Crippen molar-refractivity contribution in [1.29, 1.82) is 0 Å². The second-order valence-corrected chi connectivity index (χ2v) is 5.78. The van der Waals surface area contributed by atoms with Gasteiger partial charge in [0.25, 0.3) is 0 Å². The molecule has 0 fully saturated rings. The summed E-state index contributed by atoms with van der Waals surface area (Å²) in [6, 6.07) is 9.60. The van der Waals surface area contributed by atoms with Crippen molar-refractivity contribution in [1.82, 2.24) is 15.8 Å². The Hall–Kier alpha value is -1.29. The molecule has 132 valence electrons. The molecule has 1 unspecified atom stereocenters. The normalized spacial score (nSPS) is 12.2. The van der Waals surface area contributed by atoms with E-state index in [0.29, 0.717) is 13.1 Å². The van der Waals surface area contributed by atoms with Crippen molar-refractivity contribution in [2.24, 2.45) is 4.99 Å². The first-order valence-corrected chi connectivity index (χ1v) is 8.31. The molecule has 1 aromatic carbocycles. The van der Waals surface area contributed by atoms with Crippen LogP contribution in [0.2, 0.25) is 0 Å². The lowest BCUT2D eigenvalue weighted by molar-refractivity contribution is 0.222. The SMILES string of the molecule is CCNC(=NCc1ccon1)NCC(C)Oc1ccccc1Br.I. The van der Waals surface area contributed by atoms with E-state index in [1.807, 2.05) is 38.1 Å². The lowest BCUT2D eigenvalue weighted by Gasteiger charge is -2.18. The summed E-state index contributed by atoms with van der Waals surface area (Å²) < 4.78 is 11.6. The highest BCUT2D eigenvalue weighted by Crippen LogP contribution is 2.24. The van der Waals surface area contributed by atoms with E-state index >= 15 is 0 Å². The fraction of sp³-hybridized carbons (Fsp3) is 0.375. The number of guanidine groups is 1. The van der Waals surface area contributed by atoms with Crippen molar-refractivity contribution in [3.8, 4) is 5.75 Å². The largest absolute Gasteiger partial charge is 0.488 e. The van der Waals surface area contributed by atoms with Crippen molar-refractivity contribution >= 4 is 45.9 Å². The van der Waals surface area contributed by atoms with Crippen LogP contribution in [0.4, 0.5) is 0 Å². The number of benzene rings is 1. The summed E-state index contributed by atoms with van der Waals surface area (Å²) in [4.78, 5) is 4.46. The Bertz CT molecular complexity index is 622. The molecule has 2 rings (SSSR count). The third kappa shape index (κ3) is 7.08. The van der Waals surface area contributed by atoms with Gasteiger partial charge in [-0.05, 0) is 41.9 Å². The summed E-state index contributed by atoms with van der Waals surface area (Å²) in [5.74, 6) is 1.55. The molecule has 6 nitrogen and oxygen atoms in total. The number of hydrogen-bond donors (Lipinski definition) is 2. The van der Waals surface area contributed by atoms with Crippen molar-refractivity contribution in [2.45, 2.75) is 26.5 Å². The number of aliphatic imine (C=N–C) groups is 1. The Balaban J connectivity index is 0.00000288. The van der Waals surface area contributed by atoms with Crippen LogP contribution in [0.15, 0.2) is 50.6 Å². The fourth-order valence-corrected chi connectivity index (χ4v) is 2.24. The monoisotopic (exact) mass is 508 g/mol. The lowest BCUT2D eigenvalue weighted by atomic mass is 10.3. The van der Waals surface area contributed by atoms with E-state index < -0.39 is 0 Å². The van der Waals surface area contributed by atoms with Crippen molar-refractivity contribution < 1.29 is 9.26 Å². The minimum absolute atomic E-state index is 0. The first kappa shape index (κ1) is 20.8. The predicted molar refractivity (Wildman–Crippen MR) is 109 cm³/mol. The van der Waals surface area contributed by atoms with Crippen LogP contribution in [0.5, 0.6) is 5.75 Å². The van der Waals surface area contributed by atoms with E-state index in [2.05, 4.69) is 36.7 Å². The zero-order valence-electron chi connectivity index (χ0n) is 13.7. The Morgan fingerprint density at radius 1 is 1.33 bits per heavy atom. The smallest absolute Gasteiger partial charge is 0.191 e. The van der Waals surface area contributed by atoms with Crippen LogP contribution in [0.25, 0.3) is 0 Å². The van der Waals surface area contributed by atoms with E-state index in [1.165, 1.54) is 0 Å². The van der Waals surface area contributed by atoms with Gasteiger partial charge in [-0.3, -0.25) is 0 Å². The number of rotatable bonds is 7. The molecule has 2 aromatic rings. The average molecular weight is 509 g/mol. The summed E-state index contributed by atoms with van der Waals surface area (Å²) in [6.07, 6.45) is 1.53. The van der Waals surface area contributed by atoms with E-state index in [0.717, 1.165) is 28.4 Å². The van der Waals surface area contributed by atoms with Crippen LogP contribution in [-0.4, -0.2) is 30.3 Å². The highest BCUT2D eigenvalue weighted by Gasteiger charge is 2.08. The minimum atomic E-state index is -0.00962. The number of hydrogen-bond acceptors (Lipinski definition) is 4.